The molecule has 0 aromatic carbocycles. The van der Waals surface area contributed by atoms with Gasteiger partial charge in [0.1, 0.15) is 30.3 Å². The zero-order valence-electron chi connectivity index (χ0n) is 23.6. The third-order valence-electron chi connectivity index (χ3n) is 8.49. The molecule has 4 aromatic heterocycles. The van der Waals surface area contributed by atoms with Gasteiger partial charge in [0.25, 0.3) is 5.91 Å². The Balaban J connectivity index is 0.972. The minimum atomic E-state index is -0.260. The molecule has 8 rings (SSSR count). The summed E-state index contributed by atoms with van der Waals surface area (Å²) in [5, 5.41) is 6.15. The SMILES string of the molecule is Cc1ccnc([C@H]2C[C@@H]2C(=O)Nc2cc(NCc3cn4cc(C5CC5)cc(N5CC(=O)N(C6CC6)C5=O)c4n3)ncn2)n1. The Bertz CT molecular complexity index is 1800. The molecule has 43 heavy (non-hydrogen) atoms. The van der Waals surface area contributed by atoms with E-state index in [4.69, 9.17) is 4.98 Å². The molecule has 0 spiro atoms. The van der Waals surface area contributed by atoms with Crippen LogP contribution in [0, 0.1) is 12.8 Å². The lowest BCUT2D eigenvalue weighted by Gasteiger charge is -2.18. The molecule has 13 nitrogen and oxygen atoms in total. The van der Waals surface area contributed by atoms with Gasteiger partial charge in [0, 0.05) is 48.2 Å². The van der Waals surface area contributed by atoms with E-state index in [2.05, 4.69) is 36.8 Å². The predicted octanol–water partition coefficient (Wildman–Crippen LogP) is 3.39. The topological polar surface area (TPSA) is 151 Å². The number of fused-ring (bicyclic) bond motifs is 1. The molecule has 1 aliphatic heterocycles. The van der Waals surface area contributed by atoms with Crippen molar-refractivity contribution in [3.8, 4) is 0 Å². The maximum Gasteiger partial charge on any atom is 0.332 e. The summed E-state index contributed by atoms with van der Waals surface area (Å²) in [6.07, 6.45) is 11.8. The molecule has 0 radical (unpaired) electrons. The molecule has 3 saturated carbocycles. The molecule has 0 bridgehead atoms. The molecule has 4 aromatic rings. The van der Waals surface area contributed by atoms with Crippen molar-refractivity contribution in [2.45, 2.75) is 63.5 Å². The van der Waals surface area contributed by atoms with Crippen molar-refractivity contribution in [2.24, 2.45) is 5.92 Å². The summed E-state index contributed by atoms with van der Waals surface area (Å²) in [5.74, 6) is 1.67. The fraction of sp³-hybridized carbons (Fsp3) is 0.400. The fourth-order valence-corrected chi connectivity index (χ4v) is 5.81. The number of imidazole rings is 1. The minimum Gasteiger partial charge on any atom is -0.364 e. The standard InChI is InChI=1S/C30H30N10O3/c1-16-6-7-31-27(35-16)21-9-22(21)29(42)37-25-10-24(33-15-34-25)32-11-19-13-38-12-18(17-2-3-17)8-23(28(38)36-19)39-14-26(41)40(30(39)43)20-4-5-20/h6-8,10,12-13,15,17,20-22H,2-5,9,11,14H2,1H3,(H2,32,33,34,37,42)/t21-,22-/m0/s1. The van der Waals surface area contributed by atoms with Crippen molar-refractivity contribution < 1.29 is 14.4 Å². The number of carbonyl (C=O) groups excluding carboxylic acids is 3. The molecule has 4 fully saturated rings. The van der Waals surface area contributed by atoms with Gasteiger partial charge in [0.15, 0.2) is 5.65 Å². The molecule has 3 aliphatic carbocycles. The van der Waals surface area contributed by atoms with Gasteiger partial charge in [0.05, 0.1) is 17.9 Å². The lowest BCUT2D eigenvalue weighted by molar-refractivity contribution is -0.125. The zero-order chi connectivity index (χ0) is 29.2. The first-order chi connectivity index (χ1) is 20.9. The molecule has 5 heterocycles. The van der Waals surface area contributed by atoms with Crippen molar-refractivity contribution >= 4 is 40.8 Å². The smallest absolute Gasteiger partial charge is 0.332 e. The van der Waals surface area contributed by atoms with E-state index in [9.17, 15) is 14.4 Å². The number of rotatable bonds is 9. The molecule has 4 amide bonds. The van der Waals surface area contributed by atoms with Gasteiger partial charge < -0.3 is 15.0 Å². The first kappa shape index (κ1) is 25.7. The van der Waals surface area contributed by atoms with Crippen LogP contribution in [0.4, 0.5) is 22.1 Å². The van der Waals surface area contributed by atoms with Gasteiger partial charge in [-0.3, -0.25) is 19.4 Å². The largest absolute Gasteiger partial charge is 0.364 e. The van der Waals surface area contributed by atoms with E-state index in [1.54, 1.807) is 17.2 Å². The van der Waals surface area contributed by atoms with E-state index in [1.807, 2.05) is 29.7 Å². The van der Waals surface area contributed by atoms with Crippen molar-refractivity contribution in [1.82, 2.24) is 34.2 Å². The van der Waals surface area contributed by atoms with Crippen molar-refractivity contribution in [3.63, 3.8) is 0 Å². The number of anilines is 3. The number of pyridine rings is 1. The van der Waals surface area contributed by atoms with E-state index in [0.717, 1.165) is 42.6 Å². The molecule has 1 saturated heterocycles. The summed E-state index contributed by atoms with van der Waals surface area (Å²) in [7, 11) is 0. The molecule has 2 atom stereocenters. The molecule has 13 heteroatoms. The highest BCUT2D eigenvalue weighted by Crippen LogP contribution is 2.46. The minimum absolute atomic E-state index is 0.0189. The van der Waals surface area contributed by atoms with E-state index < -0.39 is 0 Å². The number of aryl methyl sites for hydroxylation is 1. The molecule has 0 unspecified atom stereocenters. The monoisotopic (exact) mass is 578 g/mol. The van der Waals surface area contributed by atoms with Crippen LogP contribution in [0.1, 0.15) is 66.7 Å². The Kier molecular flexibility index (Phi) is 5.88. The highest BCUT2D eigenvalue weighted by Gasteiger charge is 2.47. The summed E-state index contributed by atoms with van der Waals surface area (Å²) >= 11 is 0. The number of nitrogens with one attached hydrogen (secondary N) is 2. The number of carbonyl (C=O) groups is 3. The van der Waals surface area contributed by atoms with Crippen LogP contribution in [0.25, 0.3) is 5.65 Å². The van der Waals surface area contributed by atoms with Crippen LogP contribution in [0.2, 0.25) is 0 Å². The van der Waals surface area contributed by atoms with E-state index >= 15 is 0 Å². The van der Waals surface area contributed by atoms with Crippen LogP contribution in [0.15, 0.2) is 43.1 Å². The van der Waals surface area contributed by atoms with E-state index in [0.29, 0.717) is 47.7 Å². The van der Waals surface area contributed by atoms with Crippen molar-refractivity contribution in [3.05, 3.63) is 65.9 Å². The maximum atomic E-state index is 13.2. The quantitative estimate of drug-likeness (QED) is 0.285. The second-order valence-corrected chi connectivity index (χ2v) is 11.9. The first-order valence-electron chi connectivity index (χ1n) is 14.7. The highest BCUT2D eigenvalue weighted by atomic mass is 16.2. The number of urea groups is 1. The summed E-state index contributed by atoms with van der Waals surface area (Å²) in [6, 6.07) is 5.32. The number of hydrogen-bond donors (Lipinski definition) is 2. The third-order valence-corrected chi connectivity index (χ3v) is 8.49. The summed E-state index contributed by atoms with van der Waals surface area (Å²) in [4.78, 5) is 63.9. The number of amides is 4. The Morgan fingerprint density at radius 2 is 1.86 bits per heavy atom. The highest BCUT2D eigenvalue weighted by molar-refractivity contribution is 6.14. The fourth-order valence-electron chi connectivity index (χ4n) is 5.81. The summed E-state index contributed by atoms with van der Waals surface area (Å²) in [5.41, 5.74) is 4.07. The normalized spacial score (nSPS) is 21.5. The van der Waals surface area contributed by atoms with Crippen LogP contribution in [-0.4, -0.2) is 64.7 Å². The molecular weight excluding hydrogens is 548 g/mol. The number of imide groups is 1. The predicted molar refractivity (Wildman–Crippen MR) is 155 cm³/mol. The Labute approximate surface area is 246 Å². The maximum absolute atomic E-state index is 13.2. The van der Waals surface area contributed by atoms with Gasteiger partial charge in [-0.05, 0) is 62.6 Å². The van der Waals surface area contributed by atoms with Crippen LogP contribution in [0.3, 0.4) is 0 Å². The Hall–Kier alpha value is -4.94. The second-order valence-electron chi connectivity index (χ2n) is 11.9. The van der Waals surface area contributed by atoms with Gasteiger partial charge in [-0.2, -0.15) is 0 Å². The van der Waals surface area contributed by atoms with Gasteiger partial charge in [0.2, 0.25) is 5.91 Å². The molecule has 218 valence electrons. The Morgan fingerprint density at radius 1 is 1.02 bits per heavy atom. The number of hydrogen-bond acceptors (Lipinski definition) is 9. The van der Waals surface area contributed by atoms with Crippen LogP contribution in [0.5, 0.6) is 0 Å². The van der Waals surface area contributed by atoms with Crippen molar-refractivity contribution in [1.29, 1.82) is 0 Å². The van der Waals surface area contributed by atoms with Crippen LogP contribution >= 0.6 is 0 Å². The third kappa shape index (κ3) is 4.94. The zero-order valence-corrected chi connectivity index (χ0v) is 23.6. The lowest BCUT2D eigenvalue weighted by Crippen LogP contribution is -2.34. The average molecular weight is 579 g/mol. The van der Waals surface area contributed by atoms with E-state index in [-0.39, 0.29) is 42.3 Å². The summed E-state index contributed by atoms with van der Waals surface area (Å²) < 4.78 is 1.95. The van der Waals surface area contributed by atoms with Gasteiger partial charge >= 0.3 is 6.03 Å². The lowest BCUT2D eigenvalue weighted by atomic mass is 10.1. The molecular formula is C30H30N10O3. The first-order valence-corrected chi connectivity index (χ1v) is 14.7. The van der Waals surface area contributed by atoms with E-state index in [1.165, 1.54) is 11.2 Å². The van der Waals surface area contributed by atoms with Crippen molar-refractivity contribution in [2.75, 3.05) is 22.1 Å². The second kappa shape index (κ2) is 9.82. The summed E-state index contributed by atoms with van der Waals surface area (Å²) in [6.45, 7) is 2.31. The Morgan fingerprint density at radius 3 is 2.65 bits per heavy atom. The number of nitrogens with zero attached hydrogens (tertiary/aromatic N) is 8. The molecule has 4 aliphatic rings. The number of aromatic nitrogens is 6. The molecule has 2 N–H and O–H groups in total. The van der Waals surface area contributed by atoms with Crippen LogP contribution < -0.4 is 15.5 Å². The van der Waals surface area contributed by atoms with Gasteiger partial charge in [-0.15, -0.1) is 0 Å². The van der Waals surface area contributed by atoms with Gasteiger partial charge in [-0.1, -0.05) is 0 Å². The van der Waals surface area contributed by atoms with Crippen LogP contribution in [-0.2, 0) is 16.1 Å². The average Bonchev–Trinajstić information content (AvgIpc) is 3.88. The van der Waals surface area contributed by atoms with Gasteiger partial charge in [-0.25, -0.2) is 29.7 Å².